The minimum absolute atomic E-state index is 0.0430. The summed E-state index contributed by atoms with van der Waals surface area (Å²) in [4.78, 5) is 20.2. The van der Waals surface area contributed by atoms with Crippen LogP contribution in [0.1, 0.15) is 34.4 Å². The third kappa shape index (κ3) is 4.02. The molecule has 1 aromatic heterocycles. The maximum atomic E-state index is 11.8. The predicted octanol–water partition coefficient (Wildman–Crippen LogP) is 2.46. The zero-order valence-electron chi connectivity index (χ0n) is 12.6. The predicted molar refractivity (Wildman–Crippen MR) is 83.3 cm³/mol. The highest BCUT2D eigenvalue weighted by molar-refractivity contribution is 5.94. The molecule has 21 heavy (non-hydrogen) atoms. The Bertz CT molecular complexity index is 640. The first-order valence-electron chi connectivity index (χ1n) is 7.01. The van der Waals surface area contributed by atoms with Crippen molar-refractivity contribution in [1.82, 2.24) is 15.3 Å². The number of benzene rings is 1. The van der Waals surface area contributed by atoms with Crippen molar-refractivity contribution in [1.29, 1.82) is 0 Å². The SMILES string of the molecule is CCNC(=O)c1ccc(NCc2ccnc(C)n2)c(C)c1. The molecule has 1 amide bonds. The van der Waals surface area contributed by atoms with Crippen LogP contribution in [0.15, 0.2) is 30.5 Å². The zero-order valence-corrected chi connectivity index (χ0v) is 12.6. The Balaban J connectivity index is 2.06. The largest absolute Gasteiger partial charge is 0.379 e. The molecule has 0 aliphatic rings. The van der Waals surface area contributed by atoms with Gasteiger partial charge in [-0.05, 0) is 50.6 Å². The summed E-state index contributed by atoms with van der Waals surface area (Å²) in [5.41, 5.74) is 3.65. The van der Waals surface area contributed by atoms with Gasteiger partial charge in [-0.15, -0.1) is 0 Å². The molecule has 0 aliphatic carbocycles. The Hall–Kier alpha value is -2.43. The van der Waals surface area contributed by atoms with Gasteiger partial charge in [-0.2, -0.15) is 0 Å². The highest BCUT2D eigenvalue weighted by atomic mass is 16.1. The molecule has 2 aromatic rings. The van der Waals surface area contributed by atoms with Crippen molar-refractivity contribution in [2.45, 2.75) is 27.3 Å². The van der Waals surface area contributed by atoms with Gasteiger partial charge in [-0.1, -0.05) is 0 Å². The molecular weight excluding hydrogens is 264 g/mol. The molecule has 0 radical (unpaired) electrons. The minimum atomic E-state index is -0.0430. The van der Waals surface area contributed by atoms with E-state index < -0.39 is 0 Å². The molecular formula is C16H20N4O. The summed E-state index contributed by atoms with van der Waals surface area (Å²) in [5, 5.41) is 6.13. The summed E-state index contributed by atoms with van der Waals surface area (Å²) in [7, 11) is 0. The van der Waals surface area contributed by atoms with Gasteiger partial charge in [0.15, 0.2) is 0 Å². The Kier molecular flexibility index (Phi) is 4.87. The van der Waals surface area contributed by atoms with Gasteiger partial charge in [0.25, 0.3) is 5.91 Å². The first-order chi connectivity index (χ1) is 10.1. The van der Waals surface area contributed by atoms with Crippen LogP contribution in [0.2, 0.25) is 0 Å². The van der Waals surface area contributed by atoms with Crippen LogP contribution < -0.4 is 10.6 Å². The van der Waals surface area contributed by atoms with Gasteiger partial charge in [0.1, 0.15) is 5.82 Å². The maximum Gasteiger partial charge on any atom is 0.251 e. The number of aryl methyl sites for hydroxylation is 2. The topological polar surface area (TPSA) is 66.9 Å². The van der Waals surface area contributed by atoms with Crippen LogP contribution in [0.25, 0.3) is 0 Å². The monoisotopic (exact) mass is 284 g/mol. The summed E-state index contributed by atoms with van der Waals surface area (Å²) in [6, 6.07) is 7.52. The van der Waals surface area contributed by atoms with E-state index in [0.29, 0.717) is 18.7 Å². The number of hydrogen-bond donors (Lipinski definition) is 2. The van der Waals surface area contributed by atoms with Gasteiger partial charge in [-0.25, -0.2) is 9.97 Å². The van der Waals surface area contributed by atoms with E-state index in [1.54, 1.807) is 6.20 Å². The summed E-state index contributed by atoms with van der Waals surface area (Å²) >= 11 is 0. The van der Waals surface area contributed by atoms with Gasteiger partial charge < -0.3 is 10.6 Å². The number of nitrogens with zero attached hydrogens (tertiary/aromatic N) is 2. The molecule has 0 saturated carbocycles. The van der Waals surface area contributed by atoms with E-state index >= 15 is 0 Å². The Morgan fingerprint density at radius 1 is 1.24 bits per heavy atom. The van der Waals surface area contributed by atoms with Gasteiger partial charge in [0.05, 0.1) is 12.2 Å². The lowest BCUT2D eigenvalue weighted by atomic mass is 10.1. The van der Waals surface area contributed by atoms with Crippen LogP contribution in [0.5, 0.6) is 0 Å². The normalized spacial score (nSPS) is 10.2. The number of carbonyl (C=O) groups excluding carboxylic acids is 1. The molecule has 5 heteroatoms. The van der Waals surface area contributed by atoms with Crippen molar-refractivity contribution in [3.8, 4) is 0 Å². The number of rotatable bonds is 5. The molecule has 1 heterocycles. The van der Waals surface area contributed by atoms with Crippen molar-refractivity contribution in [3.05, 3.63) is 53.1 Å². The fourth-order valence-electron chi connectivity index (χ4n) is 2.06. The average molecular weight is 284 g/mol. The van der Waals surface area contributed by atoms with E-state index in [4.69, 9.17) is 0 Å². The van der Waals surface area contributed by atoms with Crippen molar-refractivity contribution >= 4 is 11.6 Å². The molecule has 2 rings (SSSR count). The Labute approximate surface area is 124 Å². The van der Waals surface area contributed by atoms with Crippen molar-refractivity contribution in [2.24, 2.45) is 0 Å². The number of anilines is 1. The number of carbonyl (C=O) groups is 1. The van der Waals surface area contributed by atoms with Crippen molar-refractivity contribution in [2.75, 3.05) is 11.9 Å². The Morgan fingerprint density at radius 2 is 2.05 bits per heavy atom. The van der Waals surface area contributed by atoms with Crippen molar-refractivity contribution < 1.29 is 4.79 Å². The summed E-state index contributed by atoms with van der Waals surface area (Å²) in [5.74, 6) is 0.719. The first-order valence-corrected chi connectivity index (χ1v) is 7.01. The zero-order chi connectivity index (χ0) is 15.2. The molecule has 1 aromatic carbocycles. The summed E-state index contributed by atoms with van der Waals surface area (Å²) < 4.78 is 0. The summed E-state index contributed by atoms with van der Waals surface area (Å²) in [6.45, 7) is 7.02. The second-order valence-corrected chi connectivity index (χ2v) is 4.84. The molecule has 110 valence electrons. The van der Waals surface area contributed by atoms with Gasteiger partial charge >= 0.3 is 0 Å². The van der Waals surface area contributed by atoms with Crippen LogP contribution in [-0.2, 0) is 6.54 Å². The standard InChI is InChI=1S/C16H20N4O/c1-4-17-16(21)13-5-6-15(11(2)9-13)19-10-14-7-8-18-12(3)20-14/h5-9,19H,4,10H2,1-3H3,(H,17,21). The highest BCUT2D eigenvalue weighted by Gasteiger charge is 2.06. The smallest absolute Gasteiger partial charge is 0.251 e. The van der Waals surface area contributed by atoms with E-state index in [1.807, 2.05) is 45.0 Å². The fraction of sp³-hybridized carbons (Fsp3) is 0.312. The van der Waals surface area contributed by atoms with Gasteiger partial charge in [0, 0.05) is 24.0 Å². The molecule has 0 spiro atoms. The Morgan fingerprint density at radius 3 is 2.71 bits per heavy atom. The van der Waals surface area contributed by atoms with E-state index in [2.05, 4.69) is 20.6 Å². The van der Waals surface area contributed by atoms with Gasteiger partial charge in [-0.3, -0.25) is 4.79 Å². The molecule has 0 fully saturated rings. The third-order valence-corrected chi connectivity index (χ3v) is 3.12. The van der Waals surface area contributed by atoms with E-state index in [-0.39, 0.29) is 5.91 Å². The number of aromatic nitrogens is 2. The lowest BCUT2D eigenvalue weighted by Gasteiger charge is -2.11. The van der Waals surface area contributed by atoms with E-state index in [1.165, 1.54) is 0 Å². The third-order valence-electron chi connectivity index (χ3n) is 3.12. The number of hydrogen-bond acceptors (Lipinski definition) is 4. The molecule has 5 nitrogen and oxygen atoms in total. The molecule has 0 atom stereocenters. The fourth-order valence-corrected chi connectivity index (χ4v) is 2.06. The average Bonchev–Trinajstić information content (AvgIpc) is 2.46. The van der Waals surface area contributed by atoms with Crippen molar-refractivity contribution in [3.63, 3.8) is 0 Å². The molecule has 0 aliphatic heterocycles. The minimum Gasteiger partial charge on any atom is -0.379 e. The molecule has 2 N–H and O–H groups in total. The van der Waals surface area contributed by atoms with Crippen LogP contribution in [0.4, 0.5) is 5.69 Å². The molecule has 0 bridgehead atoms. The van der Waals surface area contributed by atoms with E-state index in [9.17, 15) is 4.79 Å². The second-order valence-electron chi connectivity index (χ2n) is 4.84. The maximum absolute atomic E-state index is 11.8. The lowest BCUT2D eigenvalue weighted by Crippen LogP contribution is -2.22. The van der Waals surface area contributed by atoms with Crippen LogP contribution >= 0.6 is 0 Å². The molecule has 0 unspecified atom stereocenters. The number of amides is 1. The first kappa shape index (κ1) is 15.0. The van der Waals surface area contributed by atoms with Crippen LogP contribution in [0, 0.1) is 13.8 Å². The molecule has 0 saturated heterocycles. The quantitative estimate of drug-likeness (QED) is 0.885. The van der Waals surface area contributed by atoms with E-state index in [0.717, 1.165) is 22.8 Å². The van der Waals surface area contributed by atoms with Crippen LogP contribution in [0.3, 0.4) is 0 Å². The summed E-state index contributed by atoms with van der Waals surface area (Å²) in [6.07, 6.45) is 1.75. The van der Waals surface area contributed by atoms with Gasteiger partial charge in [0.2, 0.25) is 0 Å². The second kappa shape index (κ2) is 6.83. The van der Waals surface area contributed by atoms with Crippen LogP contribution in [-0.4, -0.2) is 22.4 Å². The number of nitrogens with one attached hydrogen (secondary N) is 2. The highest BCUT2D eigenvalue weighted by Crippen LogP contribution is 2.17. The lowest BCUT2D eigenvalue weighted by molar-refractivity contribution is 0.0956.